The van der Waals surface area contributed by atoms with E-state index in [1.54, 1.807) is 30.5 Å². The average Bonchev–Trinajstić information content (AvgIpc) is 3.37. The van der Waals surface area contributed by atoms with Gasteiger partial charge in [0, 0.05) is 28.2 Å². The fourth-order valence-corrected chi connectivity index (χ4v) is 3.54. The van der Waals surface area contributed by atoms with Crippen LogP contribution < -0.4 is 11.1 Å². The zero-order valence-electron chi connectivity index (χ0n) is 14.9. The molecular weight excluding hydrogens is 350 g/mol. The highest BCUT2D eigenvalue weighted by molar-refractivity contribution is 6.12. The summed E-state index contributed by atoms with van der Waals surface area (Å²) in [5.74, 6) is -0.252. The molecule has 28 heavy (non-hydrogen) atoms. The van der Waals surface area contributed by atoms with Crippen LogP contribution in [0.15, 0.2) is 73.1 Å². The summed E-state index contributed by atoms with van der Waals surface area (Å²) >= 11 is 0. The van der Waals surface area contributed by atoms with Crippen molar-refractivity contribution >= 4 is 39.1 Å². The van der Waals surface area contributed by atoms with Crippen molar-refractivity contribution in [1.29, 1.82) is 0 Å². The third-order valence-corrected chi connectivity index (χ3v) is 4.92. The summed E-state index contributed by atoms with van der Waals surface area (Å²) in [7, 11) is 0. The number of aromatic nitrogens is 3. The molecule has 136 valence electrons. The van der Waals surface area contributed by atoms with Crippen LogP contribution >= 0.6 is 0 Å². The van der Waals surface area contributed by atoms with Crippen molar-refractivity contribution < 1.29 is 4.79 Å². The Balaban J connectivity index is 1.63. The Morgan fingerprint density at radius 2 is 1.86 bits per heavy atom. The molecule has 0 unspecified atom stereocenters. The first-order chi connectivity index (χ1) is 13.7. The predicted molar refractivity (Wildman–Crippen MR) is 112 cm³/mol. The maximum Gasteiger partial charge on any atom is 0.257 e. The van der Waals surface area contributed by atoms with E-state index in [9.17, 15) is 4.79 Å². The smallest absolute Gasteiger partial charge is 0.257 e. The lowest BCUT2D eigenvalue weighted by molar-refractivity contribution is 0.102. The van der Waals surface area contributed by atoms with Crippen LogP contribution in [0.5, 0.6) is 0 Å². The number of para-hydroxylation sites is 1. The van der Waals surface area contributed by atoms with Crippen molar-refractivity contribution in [3.63, 3.8) is 0 Å². The standard InChI is InChI=1S/C22H17N5O/c23-18-6-2-1-4-16(18)22(28)26-20-10-13(11-21-17(20)12-25-27-21)14-5-3-7-19-15(14)8-9-24-19/h1-12,24H,23H2,(H,25,27)(H,26,28). The molecule has 0 aliphatic heterocycles. The van der Waals surface area contributed by atoms with Gasteiger partial charge >= 0.3 is 0 Å². The van der Waals surface area contributed by atoms with E-state index in [-0.39, 0.29) is 5.91 Å². The molecule has 5 rings (SSSR count). The van der Waals surface area contributed by atoms with E-state index in [1.807, 2.05) is 36.5 Å². The second-order valence-corrected chi connectivity index (χ2v) is 6.64. The lowest BCUT2D eigenvalue weighted by Gasteiger charge is -2.11. The Labute approximate surface area is 160 Å². The second kappa shape index (κ2) is 6.28. The first kappa shape index (κ1) is 16.1. The van der Waals surface area contributed by atoms with Crippen LogP contribution in [0.25, 0.3) is 32.9 Å². The fraction of sp³-hybridized carbons (Fsp3) is 0. The maximum atomic E-state index is 12.8. The molecule has 0 aliphatic carbocycles. The van der Waals surface area contributed by atoms with Gasteiger partial charge in [-0.05, 0) is 47.5 Å². The van der Waals surface area contributed by atoms with Gasteiger partial charge in [-0.25, -0.2) is 0 Å². The van der Waals surface area contributed by atoms with Gasteiger partial charge in [0.25, 0.3) is 5.91 Å². The number of fused-ring (bicyclic) bond motifs is 2. The lowest BCUT2D eigenvalue weighted by atomic mass is 9.99. The number of nitrogens with one attached hydrogen (secondary N) is 3. The molecule has 0 saturated carbocycles. The van der Waals surface area contributed by atoms with Crippen LogP contribution in [0.1, 0.15) is 10.4 Å². The molecule has 1 amide bonds. The van der Waals surface area contributed by atoms with Crippen molar-refractivity contribution in [3.8, 4) is 11.1 Å². The monoisotopic (exact) mass is 367 g/mol. The third-order valence-electron chi connectivity index (χ3n) is 4.92. The van der Waals surface area contributed by atoms with Crippen molar-refractivity contribution in [3.05, 3.63) is 78.6 Å². The van der Waals surface area contributed by atoms with Crippen molar-refractivity contribution in [2.75, 3.05) is 11.1 Å². The van der Waals surface area contributed by atoms with Crippen LogP contribution in [0.3, 0.4) is 0 Å². The van der Waals surface area contributed by atoms with E-state index >= 15 is 0 Å². The summed E-state index contributed by atoms with van der Waals surface area (Å²) in [6.07, 6.45) is 3.63. The number of carbonyl (C=O) groups excluding carboxylic acids is 1. The van der Waals surface area contributed by atoms with E-state index < -0.39 is 0 Å². The number of nitrogens with zero attached hydrogens (tertiary/aromatic N) is 1. The molecule has 5 N–H and O–H groups in total. The highest BCUT2D eigenvalue weighted by atomic mass is 16.1. The first-order valence-electron chi connectivity index (χ1n) is 8.90. The molecule has 0 radical (unpaired) electrons. The van der Waals surface area contributed by atoms with Gasteiger partial charge in [0.1, 0.15) is 0 Å². The third kappa shape index (κ3) is 2.59. The summed E-state index contributed by atoms with van der Waals surface area (Å²) in [5, 5.41) is 12.1. The molecule has 0 saturated heterocycles. The normalized spacial score (nSPS) is 11.1. The molecule has 2 aromatic heterocycles. The number of amides is 1. The number of H-pyrrole nitrogens is 2. The van der Waals surface area contributed by atoms with Gasteiger partial charge in [0.2, 0.25) is 0 Å². The highest BCUT2D eigenvalue weighted by Gasteiger charge is 2.14. The van der Waals surface area contributed by atoms with Crippen LogP contribution in [0, 0.1) is 0 Å². The summed E-state index contributed by atoms with van der Waals surface area (Å²) in [4.78, 5) is 16.0. The van der Waals surface area contributed by atoms with Crippen molar-refractivity contribution in [2.24, 2.45) is 0 Å². The Hall–Kier alpha value is -4.06. The first-order valence-corrected chi connectivity index (χ1v) is 8.90. The van der Waals surface area contributed by atoms with E-state index in [0.717, 1.165) is 32.9 Å². The zero-order valence-corrected chi connectivity index (χ0v) is 14.9. The predicted octanol–water partition coefficient (Wildman–Crippen LogP) is 4.55. The Morgan fingerprint density at radius 1 is 0.964 bits per heavy atom. The topological polar surface area (TPSA) is 99.6 Å². The number of benzene rings is 3. The minimum absolute atomic E-state index is 0.252. The number of nitrogen functional groups attached to an aromatic ring is 1. The molecule has 5 aromatic rings. The molecule has 0 bridgehead atoms. The van der Waals surface area contributed by atoms with Gasteiger partial charge in [-0.15, -0.1) is 0 Å². The van der Waals surface area contributed by atoms with Gasteiger partial charge in [-0.3, -0.25) is 9.89 Å². The fourth-order valence-electron chi connectivity index (χ4n) is 3.54. The Morgan fingerprint density at radius 3 is 2.75 bits per heavy atom. The number of hydrogen-bond acceptors (Lipinski definition) is 3. The number of nitrogens with two attached hydrogens (primary N) is 1. The molecule has 0 atom stereocenters. The van der Waals surface area contributed by atoms with E-state index in [2.05, 4.69) is 26.6 Å². The number of hydrogen-bond donors (Lipinski definition) is 4. The lowest BCUT2D eigenvalue weighted by Crippen LogP contribution is -2.14. The highest BCUT2D eigenvalue weighted by Crippen LogP contribution is 2.34. The summed E-state index contributed by atoms with van der Waals surface area (Å²) in [5.41, 5.74) is 11.5. The Kier molecular flexibility index (Phi) is 3.62. The summed E-state index contributed by atoms with van der Waals surface area (Å²) in [6, 6.07) is 19.2. The van der Waals surface area contributed by atoms with E-state index in [4.69, 9.17) is 5.73 Å². The van der Waals surface area contributed by atoms with E-state index in [0.29, 0.717) is 16.9 Å². The van der Waals surface area contributed by atoms with E-state index in [1.165, 1.54) is 0 Å². The molecule has 6 nitrogen and oxygen atoms in total. The van der Waals surface area contributed by atoms with Crippen molar-refractivity contribution in [2.45, 2.75) is 0 Å². The van der Waals surface area contributed by atoms with Gasteiger partial charge in [-0.2, -0.15) is 5.10 Å². The minimum atomic E-state index is -0.252. The minimum Gasteiger partial charge on any atom is -0.398 e. The van der Waals surface area contributed by atoms with Crippen LogP contribution in [0.2, 0.25) is 0 Å². The molecule has 6 heteroatoms. The molecular formula is C22H17N5O. The molecule has 0 fully saturated rings. The van der Waals surface area contributed by atoms with Crippen LogP contribution in [-0.2, 0) is 0 Å². The maximum absolute atomic E-state index is 12.8. The van der Waals surface area contributed by atoms with Crippen LogP contribution in [0.4, 0.5) is 11.4 Å². The SMILES string of the molecule is Nc1ccccc1C(=O)Nc1cc(-c2cccc3[nH]ccc23)cc2[nH]ncc12. The zero-order chi connectivity index (χ0) is 19.1. The van der Waals surface area contributed by atoms with Gasteiger partial charge in [0.15, 0.2) is 0 Å². The number of carbonyl (C=O) groups is 1. The van der Waals surface area contributed by atoms with Crippen molar-refractivity contribution in [1.82, 2.24) is 15.2 Å². The number of anilines is 2. The number of rotatable bonds is 3. The molecule has 0 spiro atoms. The van der Waals surface area contributed by atoms with Gasteiger partial charge in [-0.1, -0.05) is 24.3 Å². The average molecular weight is 367 g/mol. The quantitative estimate of drug-likeness (QED) is 0.352. The summed E-state index contributed by atoms with van der Waals surface area (Å²) < 4.78 is 0. The summed E-state index contributed by atoms with van der Waals surface area (Å²) in [6.45, 7) is 0. The molecule has 3 aromatic carbocycles. The van der Waals surface area contributed by atoms with Gasteiger partial charge in [0.05, 0.1) is 23.0 Å². The number of aromatic amines is 2. The van der Waals surface area contributed by atoms with Crippen LogP contribution in [-0.4, -0.2) is 21.1 Å². The molecule has 0 aliphatic rings. The largest absolute Gasteiger partial charge is 0.398 e. The Bertz CT molecular complexity index is 1330. The second-order valence-electron chi connectivity index (χ2n) is 6.64. The van der Waals surface area contributed by atoms with Gasteiger partial charge < -0.3 is 16.0 Å². The molecule has 2 heterocycles.